The van der Waals surface area contributed by atoms with E-state index in [1.807, 2.05) is 6.92 Å². The summed E-state index contributed by atoms with van der Waals surface area (Å²) in [5.74, 6) is -0.431. The zero-order valence-corrected chi connectivity index (χ0v) is 22.7. The molecule has 2 heterocycles. The molecule has 0 saturated heterocycles. The van der Waals surface area contributed by atoms with Gasteiger partial charge in [0.25, 0.3) is 15.9 Å². The van der Waals surface area contributed by atoms with Crippen LogP contribution >= 0.6 is 0 Å². The Kier molecular flexibility index (Phi) is 8.03. The number of ether oxygens (including phenoxy) is 1. The van der Waals surface area contributed by atoms with E-state index in [0.717, 1.165) is 6.26 Å². The highest BCUT2D eigenvalue weighted by Crippen LogP contribution is 2.32. The van der Waals surface area contributed by atoms with Gasteiger partial charge in [0.2, 0.25) is 10.0 Å². The molecule has 0 unspecified atom stereocenters. The second kappa shape index (κ2) is 10.4. The quantitative estimate of drug-likeness (QED) is 0.498. The van der Waals surface area contributed by atoms with Crippen LogP contribution in [0.15, 0.2) is 27.6 Å². The maximum atomic E-state index is 13.5. The van der Waals surface area contributed by atoms with Crippen molar-refractivity contribution in [2.45, 2.75) is 44.7 Å². The smallest absolute Gasteiger partial charge is 0.267 e. The van der Waals surface area contributed by atoms with Gasteiger partial charge in [0.15, 0.2) is 10.7 Å². The minimum absolute atomic E-state index is 0.0371. The van der Waals surface area contributed by atoms with E-state index in [1.165, 1.54) is 48.3 Å². The number of carbonyl (C=O) groups excluding carboxylic acids is 1. The summed E-state index contributed by atoms with van der Waals surface area (Å²) in [5, 5.41) is 13.4. The monoisotopic (exact) mass is 544 g/mol. The first-order chi connectivity index (χ1) is 16.7. The molecule has 12 nitrogen and oxygen atoms in total. The zero-order valence-electron chi connectivity index (χ0n) is 21.0. The fourth-order valence-corrected chi connectivity index (χ4v) is 5.76. The van der Waals surface area contributed by atoms with Crippen molar-refractivity contribution in [1.82, 2.24) is 14.4 Å². The predicted molar refractivity (Wildman–Crippen MR) is 132 cm³/mol. The number of hydrogen-bond donors (Lipinski definition) is 2. The van der Waals surface area contributed by atoms with Crippen LogP contribution in [0, 0.1) is 19.8 Å². The van der Waals surface area contributed by atoms with Gasteiger partial charge in [-0.05, 0) is 39.0 Å². The highest BCUT2D eigenvalue weighted by atomic mass is 32.2. The molecule has 0 bridgehead atoms. The third-order valence-corrected chi connectivity index (χ3v) is 9.06. The number of aliphatic hydroxyl groups excluding tert-OH is 1. The molecule has 14 heteroatoms. The highest BCUT2D eigenvalue weighted by Gasteiger charge is 2.35. The number of benzene rings is 1. The van der Waals surface area contributed by atoms with Crippen molar-refractivity contribution < 1.29 is 36.0 Å². The van der Waals surface area contributed by atoms with E-state index in [2.05, 4.69) is 9.88 Å². The summed E-state index contributed by atoms with van der Waals surface area (Å²) in [6, 6.07) is 3.73. The molecule has 0 saturated carbocycles. The number of amides is 1. The molecule has 0 fully saturated rings. The molecule has 1 aromatic carbocycles. The van der Waals surface area contributed by atoms with Crippen LogP contribution < -0.4 is 9.46 Å². The van der Waals surface area contributed by atoms with Gasteiger partial charge < -0.3 is 19.3 Å². The lowest BCUT2D eigenvalue weighted by Crippen LogP contribution is -2.50. The number of likely N-dealkylation sites (N-methyl/N-ethyl adjacent to an activating group) is 1. The third kappa shape index (κ3) is 5.82. The van der Waals surface area contributed by atoms with Gasteiger partial charge in [-0.1, -0.05) is 12.1 Å². The SMILES string of the molecule is Cc1noc(C)c1S(=O)(=O)Nc1ccc2c(c1)C(=O)N([C@@H](C)CO)C[C@@H](C)[C@H](CN(C)S(C)(=O)=O)O2. The number of aryl methyl sites for hydroxylation is 2. The zero-order chi connectivity index (χ0) is 27.0. The van der Waals surface area contributed by atoms with E-state index in [1.54, 1.807) is 6.92 Å². The van der Waals surface area contributed by atoms with Crippen molar-refractivity contribution in [3.63, 3.8) is 0 Å². The van der Waals surface area contributed by atoms with Gasteiger partial charge in [0.1, 0.15) is 17.5 Å². The van der Waals surface area contributed by atoms with Crippen molar-refractivity contribution in [1.29, 1.82) is 0 Å². The Morgan fingerprint density at radius 1 is 1.28 bits per heavy atom. The molecule has 1 aromatic heterocycles. The topological polar surface area (TPSA) is 159 Å². The van der Waals surface area contributed by atoms with E-state index in [-0.39, 0.29) is 59.0 Å². The largest absolute Gasteiger partial charge is 0.488 e. The lowest BCUT2D eigenvalue weighted by Gasteiger charge is -2.38. The summed E-state index contributed by atoms with van der Waals surface area (Å²) in [5.41, 5.74) is 0.384. The number of rotatable bonds is 8. The van der Waals surface area contributed by atoms with E-state index < -0.39 is 38.1 Å². The maximum Gasteiger partial charge on any atom is 0.267 e. The molecule has 2 N–H and O–H groups in total. The molecular formula is C22H32N4O8S2. The Labute approximate surface area is 211 Å². The molecule has 1 aliphatic rings. The Morgan fingerprint density at radius 2 is 1.94 bits per heavy atom. The van der Waals surface area contributed by atoms with Crippen LogP contribution in [0.25, 0.3) is 0 Å². The Morgan fingerprint density at radius 3 is 2.50 bits per heavy atom. The van der Waals surface area contributed by atoms with Crippen LogP contribution in [-0.4, -0.2) is 87.4 Å². The fourth-order valence-electron chi connectivity index (χ4n) is 3.96. The second-order valence-electron chi connectivity index (χ2n) is 9.14. The van der Waals surface area contributed by atoms with Crippen LogP contribution in [0.2, 0.25) is 0 Å². The van der Waals surface area contributed by atoms with Gasteiger partial charge >= 0.3 is 0 Å². The molecule has 3 rings (SSSR count). The summed E-state index contributed by atoms with van der Waals surface area (Å²) < 4.78 is 64.7. The molecule has 36 heavy (non-hydrogen) atoms. The summed E-state index contributed by atoms with van der Waals surface area (Å²) in [7, 11) is -6.10. The minimum Gasteiger partial charge on any atom is -0.488 e. The average Bonchev–Trinajstić information content (AvgIpc) is 3.13. The number of anilines is 1. The molecular weight excluding hydrogens is 512 g/mol. The number of aromatic nitrogens is 1. The number of nitrogens with zero attached hydrogens (tertiary/aromatic N) is 3. The Bertz CT molecular complexity index is 1320. The van der Waals surface area contributed by atoms with Crippen LogP contribution in [0.1, 0.15) is 35.7 Å². The number of carbonyl (C=O) groups is 1. The van der Waals surface area contributed by atoms with Crippen molar-refractivity contribution in [2.75, 3.05) is 37.7 Å². The summed E-state index contributed by atoms with van der Waals surface area (Å²) in [6.45, 7) is 6.45. The van der Waals surface area contributed by atoms with E-state index in [4.69, 9.17) is 9.26 Å². The average molecular weight is 545 g/mol. The van der Waals surface area contributed by atoms with Gasteiger partial charge in [-0.15, -0.1) is 0 Å². The van der Waals surface area contributed by atoms with Crippen molar-refractivity contribution >= 4 is 31.6 Å². The van der Waals surface area contributed by atoms with Gasteiger partial charge in [-0.3, -0.25) is 9.52 Å². The number of hydrogen-bond acceptors (Lipinski definition) is 9. The molecule has 1 amide bonds. The minimum atomic E-state index is -4.06. The van der Waals surface area contributed by atoms with E-state index in [9.17, 15) is 26.7 Å². The number of fused-ring (bicyclic) bond motifs is 1. The fraction of sp³-hybridized carbons (Fsp3) is 0.545. The summed E-state index contributed by atoms with van der Waals surface area (Å²) >= 11 is 0. The van der Waals surface area contributed by atoms with E-state index >= 15 is 0 Å². The first-order valence-corrected chi connectivity index (χ1v) is 14.6. The first kappa shape index (κ1) is 27.9. The first-order valence-electron chi connectivity index (χ1n) is 11.2. The highest BCUT2D eigenvalue weighted by molar-refractivity contribution is 7.92. The third-order valence-electron chi connectivity index (χ3n) is 6.16. The summed E-state index contributed by atoms with van der Waals surface area (Å²) in [6.07, 6.45) is 0.477. The molecule has 200 valence electrons. The Balaban J connectivity index is 2.04. The van der Waals surface area contributed by atoms with Crippen LogP contribution in [0.4, 0.5) is 5.69 Å². The van der Waals surface area contributed by atoms with Gasteiger partial charge in [0.05, 0.1) is 31.0 Å². The molecule has 2 aromatic rings. The van der Waals surface area contributed by atoms with Crippen LogP contribution in [0.5, 0.6) is 5.75 Å². The standard InChI is InChI=1S/C22H32N4O8S2/c1-13-10-26(14(2)12-27)22(28)18-9-17(24-36(31,32)21-15(3)23-34-16(21)4)7-8-19(18)33-20(13)11-25(5)35(6,29)30/h7-9,13-14,20,24,27H,10-12H2,1-6H3/t13-,14+,20+/m1/s1. The molecule has 0 aliphatic carbocycles. The number of sulfonamides is 2. The lowest BCUT2D eigenvalue weighted by atomic mass is 9.99. The number of aliphatic hydroxyl groups is 1. The van der Waals surface area contributed by atoms with Crippen molar-refractivity contribution in [2.24, 2.45) is 5.92 Å². The van der Waals surface area contributed by atoms with Crippen LogP contribution in [0.3, 0.4) is 0 Å². The maximum absolute atomic E-state index is 13.5. The lowest BCUT2D eigenvalue weighted by molar-refractivity contribution is 0.0387. The Hall–Kier alpha value is -2.68. The van der Waals surface area contributed by atoms with Gasteiger partial charge in [-0.2, -0.15) is 0 Å². The van der Waals surface area contributed by atoms with Crippen LogP contribution in [-0.2, 0) is 20.0 Å². The number of nitrogens with one attached hydrogen (secondary N) is 1. The van der Waals surface area contributed by atoms with Crippen molar-refractivity contribution in [3.8, 4) is 5.75 Å². The summed E-state index contributed by atoms with van der Waals surface area (Å²) in [4.78, 5) is 14.9. The second-order valence-corrected chi connectivity index (χ2v) is 12.8. The molecule has 0 radical (unpaired) electrons. The molecule has 1 aliphatic heterocycles. The van der Waals surface area contributed by atoms with Gasteiger partial charge in [0, 0.05) is 25.2 Å². The van der Waals surface area contributed by atoms with E-state index in [0.29, 0.717) is 0 Å². The van der Waals surface area contributed by atoms with Crippen molar-refractivity contribution in [3.05, 3.63) is 35.2 Å². The van der Waals surface area contributed by atoms with Gasteiger partial charge in [-0.25, -0.2) is 21.1 Å². The molecule has 0 spiro atoms. The predicted octanol–water partition coefficient (Wildman–Crippen LogP) is 1.20. The normalized spacial score (nSPS) is 19.9. The molecule has 3 atom stereocenters.